The van der Waals surface area contributed by atoms with E-state index in [4.69, 9.17) is 4.74 Å². The van der Waals surface area contributed by atoms with Crippen molar-refractivity contribution >= 4 is 11.6 Å². The lowest BCUT2D eigenvalue weighted by Crippen LogP contribution is -2.30. The highest BCUT2D eigenvalue weighted by Gasteiger charge is 2.16. The summed E-state index contributed by atoms with van der Waals surface area (Å²) < 4.78 is 18.7. The van der Waals surface area contributed by atoms with Crippen LogP contribution in [0.5, 0.6) is 5.75 Å². The first-order chi connectivity index (χ1) is 9.56. The number of amides is 1. The minimum atomic E-state index is -0.784. The quantitative estimate of drug-likeness (QED) is 0.925. The van der Waals surface area contributed by atoms with E-state index in [0.29, 0.717) is 5.69 Å². The Balaban J connectivity index is 1.99. The first kappa shape index (κ1) is 14.1. The Bertz CT molecular complexity index is 596. The number of carbonyl (C=O) groups excluding carboxylic acids is 1. The Morgan fingerprint density at radius 2 is 1.80 bits per heavy atom. The molecule has 3 nitrogen and oxygen atoms in total. The van der Waals surface area contributed by atoms with Gasteiger partial charge >= 0.3 is 0 Å². The van der Waals surface area contributed by atoms with E-state index in [2.05, 4.69) is 5.32 Å². The Morgan fingerprint density at radius 3 is 2.45 bits per heavy atom. The molecule has 0 heterocycles. The molecule has 0 spiro atoms. The van der Waals surface area contributed by atoms with Gasteiger partial charge < -0.3 is 10.1 Å². The van der Waals surface area contributed by atoms with Crippen LogP contribution in [0, 0.1) is 12.7 Å². The highest BCUT2D eigenvalue weighted by Crippen LogP contribution is 2.17. The number of anilines is 1. The van der Waals surface area contributed by atoms with Crippen molar-refractivity contribution in [1.82, 2.24) is 0 Å². The van der Waals surface area contributed by atoms with Crippen molar-refractivity contribution in [2.45, 2.75) is 20.0 Å². The van der Waals surface area contributed by atoms with Crippen molar-refractivity contribution in [2.24, 2.45) is 0 Å². The largest absolute Gasteiger partial charge is 0.478 e. The van der Waals surface area contributed by atoms with Crippen molar-refractivity contribution in [3.63, 3.8) is 0 Å². The second-order valence-electron chi connectivity index (χ2n) is 4.55. The van der Waals surface area contributed by atoms with Crippen LogP contribution in [0.15, 0.2) is 48.5 Å². The fourth-order valence-corrected chi connectivity index (χ4v) is 1.67. The molecule has 0 aliphatic carbocycles. The maximum absolute atomic E-state index is 13.4. The molecule has 2 rings (SSSR count). The molecule has 20 heavy (non-hydrogen) atoms. The molecule has 0 aromatic heterocycles. The Morgan fingerprint density at radius 1 is 1.15 bits per heavy atom. The molecule has 1 amide bonds. The first-order valence-electron chi connectivity index (χ1n) is 6.35. The predicted molar refractivity (Wildman–Crippen MR) is 76.3 cm³/mol. The van der Waals surface area contributed by atoms with E-state index < -0.39 is 11.9 Å². The number of carbonyl (C=O) groups is 1. The summed E-state index contributed by atoms with van der Waals surface area (Å²) in [6.07, 6.45) is -0.784. The van der Waals surface area contributed by atoms with Crippen LogP contribution >= 0.6 is 0 Å². The summed E-state index contributed by atoms with van der Waals surface area (Å²) in [5, 5.41) is 2.72. The highest BCUT2D eigenvalue weighted by molar-refractivity contribution is 5.94. The molecule has 2 aromatic carbocycles. The zero-order valence-electron chi connectivity index (χ0n) is 11.4. The van der Waals surface area contributed by atoms with Gasteiger partial charge in [-0.05, 0) is 38.1 Å². The monoisotopic (exact) mass is 273 g/mol. The Kier molecular flexibility index (Phi) is 4.35. The molecule has 0 aliphatic heterocycles. The van der Waals surface area contributed by atoms with E-state index in [1.54, 1.807) is 19.1 Å². The molecule has 0 saturated heterocycles. The van der Waals surface area contributed by atoms with Crippen LogP contribution < -0.4 is 10.1 Å². The molecular weight excluding hydrogens is 257 g/mol. The van der Waals surface area contributed by atoms with Crippen molar-refractivity contribution < 1.29 is 13.9 Å². The number of para-hydroxylation sites is 1. The van der Waals surface area contributed by atoms with Crippen LogP contribution in [0.3, 0.4) is 0 Å². The van der Waals surface area contributed by atoms with Crippen LogP contribution in [-0.2, 0) is 4.79 Å². The van der Waals surface area contributed by atoms with Crippen molar-refractivity contribution in [3.8, 4) is 5.75 Å². The summed E-state index contributed by atoms with van der Waals surface area (Å²) in [4.78, 5) is 12.0. The molecule has 0 saturated carbocycles. The van der Waals surface area contributed by atoms with Gasteiger partial charge in [0.05, 0.1) is 0 Å². The number of hydrogen-bond acceptors (Lipinski definition) is 2. The van der Waals surface area contributed by atoms with Crippen LogP contribution in [-0.4, -0.2) is 12.0 Å². The van der Waals surface area contributed by atoms with Gasteiger partial charge in [-0.25, -0.2) is 4.39 Å². The number of nitrogens with one attached hydrogen (secondary N) is 1. The number of halogens is 1. The molecule has 1 atom stereocenters. The average molecular weight is 273 g/mol. The fraction of sp³-hybridized carbons (Fsp3) is 0.188. The summed E-state index contributed by atoms with van der Waals surface area (Å²) in [6.45, 7) is 3.55. The Hall–Kier alpha value is -2.36. The summed E-state index contributed by atoms with van der Waals surface area (Å²) in [5.74, 6) is -0.737. The molecular formula is C16H16FNO2. The third kappa shape index (κ3) is 3.57. The van der Waals surface area contributed by atoms with Crippen LogP contribution in [0.2, 0.25) is 0 Å². The maximum Gasteiger partial charge on any atom is 0.265 e. The smallest absolute Gasteiger partial charge is 0.265 e. The number of aryl methyl sites for hydroxylation is 1. The van der Waals surface area contributed by atoms with E-state index in [-0.39, 0.29) is 11.7 Å². The third-order valence-electron chi connectivity index (χ3n) is 2.83. The molecule has 2 aromatic rings. The minimum Gasteiger partial charge on any atom is -0.478 e. The molecule has 104 valence electrons. The van der Waals surface area contributed by atoms with Gasteiger partial charge in [-0.3, -0.25) is 4.79 Å². The van der Waals surface area contributed by atoms with Gasteiger partial charge in [-0.15, -0.1) is 0 Å². The lowest BCUT2D eigenvalue weighted by molar-refractivity contribution is -0.122. The zero-order valence-corrected chi connectivity index (χ0v) is 11.4. The average Bonchev–Trinajstić information content (AvgIpc) is 2.44. The molecule has 1 unspecified atom stereocenters. The summed E-state index contributed by atoms with van der Waals surface area (Å²) in [5.41, 5.74) is 1.79. The van der Waals surface area contributed by atoms with Gasteiger partial charge in [0.1, 0.15) is 0 Å². The highest BCUT2D eigenvalue weighted by atomic mass is 19.1. The molecule has 1 N–H and O–H groups in total. The molecule has 0 bridgehead atoms. The fourth-order valence-electron chi connectivity index (χ4n) is 1.67. The lowest BCUT2D eigenvalue weighted by Gasteiger charge is -2.15. The maximum atomic E-state index is 13.4. The van der Waals surface area contributed by atoms with Crippen molar-refractivity contribution in [1.29, 1.82) is 0 Å². The SMILES string of the molecule is Cc1ccc(NC(=O)C(C)Oc2ccccc2F)cc1. The lowest BCUT2D eigenvalue weighted by atomic mass is 10.2. The van der Waals surface area contributed by atoms with Crippen LogP contribution in [0.25, 0.3) is 0 Å². The van der Waals surface area contributed by atoms with E-state index in [1.807, 2.05) is 31.2 Å². The number of benzene rings is 2. The van der Waals surface area contributed by atoms with E-state index in [1.165, 1.54) is 12.1 Å². The number of hydrogen-bond donors (Lipinski definition) is 1. The first-order valence-corrected chi connectivity index (χ1v) is 6.35. The summed E-state index contributed by atoms with van der Waals surface area (Å²) in [6, 6.07) is 13.4. The van der Waals surface area contributed by atoms with Crippen LogP contribution in [0.1, 0.15) is 12.5 Å². The standard InChI is InChI=1S/C16H16FNO2/c1-11-7-9-13(10-8-11)18-16(19)12(2)20-15-6-4-3-5-14(15)17/h3-10,12H,1-2H3,(H,18,19). The summed E-state index contributed by atoms with van der Waals surface area (Å²) >= 11 is 0. The van der Waals surface area contributed by atoms with E-state index >= 15 is 0 Å². The number of ether oxygens (including phenoxy) is 1. The molecule has 0 radical (unpaired) electrons. The van der Waals surface area contributed by atoms with Gasteiger partial charge in [-0.1, -0.05) is 29.8 Å². The van der Waals surface area contributed by atoms with E-state index in [9.17, 15) is 9.18 Å². The van der Waals surface area contributed by atoms with Gasteiger partial charge in [0.15, 0.2) is 17.7 Å². The van der Waals surface area contributed by atoms with Gasteiger partial charge in [-0.2, -0.15) is 0 Å². The normalized spacial score (nSPS) is 11.8. The topological polar surface area (TPSA) is 38.3 Å². The van der Waals surface area contributed by atoms with Gasteiger partial charge in [0.2, 0.25) is 0 Å². The third-order valence-corrected chi connectivity index (χ3v) is 2.83. The van der Waals surface area contributed by atoms with Crippen molar-refractivity contribution in [2.75, 3.05) is 5.32 Å². The second-order valence-corrected chi connectivity index (χ2v) is 4.55. The predicted octanol–water partition coefficient (Wildman–Crippen LogP) is 3.54. The van der Waals surface area contributed by atoms with E-state index in [0.717, 1.165) is 5.56 Å². The van der Waals surface area contributed by atoms with Gasteiger partial charge in [0.25, 0.3) is 5.91 Å². The molecule has 4 heteroatoms. The van der Waals surface area contributed by atoms with Gasteiger partial charge in [0, 0.05) is 5.69 Å². The molecule has 0 aliphatic rings. The number of rotatable bonds is 4. The summed E-state index contributed by atoms with van der Waals surface area (Å²) in [7, 11) is 0. The second kappa shape index (κ2) is 6.19. The minimum absolute atomic E-state index is 0.0686. The van der Waals surface area contributed by atoms with Crippen molar-refractivity contribution in [3.05, 3.63) is 59.9 Å². The molecule has 0 fully saturated rings. The van der Waals surface area contributed by atoms with Crippen LogP contribution in [0.4, 0.5) is 10.1 Å². The zero-order chi connectivity index (χ0) is 14.5. The Labute approximate surface area is 117 Å².